The van der Waals surface area contributed by atoms with Gasteiger partial charge in [-0.2, -0.15) is 4.37 Å². The molecule has 0 aliphatic rings. The van der Waals surface area contributed by atoms with Gasteiger partial charge in [-0.3, -0.25) is 4.21 Å². The van der Waals surface area contributed by atoms with Crippen molar-refractivity contribution < 1.29 is 4.21 Å². The molecule has 2 nitrogen and oxygen atoms in total. The van der Waals surface area contributed by atoms with Crippen LogP contribution in [-0.2, 0) is 20.7 Å². The molecular weight excluding hydrogens is 274 g/mol. The van der Waals surface area contributed by atoms with Crippen molar-refractivity contribution in [1.82, 2.24) is 4.37 Å². The van der Waals surface area contributed by atoms with Crippen LogP contribution in [0.25, 0.3) is 0 Å². The molecule has 0 aliphatic carbocycles. The van der Waals surface area contributed by atoms with Crippen LogP contribution < -0.4 is 0 Å². The third-order valence-electron chi connectivity index (χ3n) is 2.99. The molecule has 1 heterocycles. The van der Waals surface area contributed by atoms with Crippen LogP contribution in [0.2, 0.25) is 0 Å². The summed E-state index contributed by atoms with van der Waals surface area (Å²) in [6.45, 7) is 6.52. The van der Waals surface area contributed by atoms with Gasteiger partial charge in [0.05, 0.1) is 0 Å². The maximum atomic E-state index is 12.6. The minimum Gasteiger partial charge on any atom is -0.261 e. The summed E-state index contributed by atoms with van der Waals surface area (Å²) in [5.74, 6) is 4.32. The highest BCUT2D eigenvalue weighted by Crippen LogP contribution is 2.24. The average Bonchev–Trinajstić information content (AvgIpc) is 2.81. The lowest BCUT2D eigenvalue weighted by Crippen LogP contribution is -2.12. The number of hydrogen-bond donors (Lipinski definition) is 0. The molecule has 1 aromatic carbocycles. The predicted molar refractivity (Wildman–Crippen MR) is 84.5 cm³/mol. The lowest BCUT2D eigenvalue weighted by molar-refractivity contribution is 0.589. The Labute approximate surface area is 119 Å². The van der Waals surface area contributed by atoms with Crippen molar-refractivity contribution in [1.29, 1.82) is 0 Å². The molecule has 0 amide bonds. The number of rotatable bonds is 3. The van der Waals surface area contributed by atoms with E-state index in [2.05, 4.69) is 43.1 Å². The minimum atomic E-state index is -2.33. The summed E-state index contributed by atoms with van der Waals surface area (Å²) >= 11 is 1.32. The summed E-state index contributed by atoms with van der Waals surface area (Å²) in [7, 11) is -2.33. The molecule has 4 heteroatoms. The Bertz CT molecular complexity index is 650. The van der Waals surface area contributed by atoms with Crippen molar-refractivity contribution in [3.05, 3.63) is 46.8 Å². The monoisotopic (exact) mass is 293 g/mol. The highest BCUT2D eigenvalue weighted by Gasteiger charge is 2.16. The molecule has 2 aromatic rings. The molecule has 2 rings (SSSR count). The van der Waals surface area contributed by atoms with E-state index in [1.54, 1.807) is 6.07 Å². The van der Waals surface area contributed by atoms with E-state index in [-0.39, 0.29) is 5.41 Å². The highest BCUT2D eigenvalue weighted by atomic mass is 32.2. The van der Waals surface area contributed by atoms with Gasteiger partial charge in [-0.25, -0.2) is 0 Å². The van der Waals surface area contributed by atoms with E-state index in [1.165, 1.54) is 17.1 Å². The molecule has 0 saturated heterocycles. The van der Waals surface area contributed by atoms with Gasteiger partial charge in [-0.05, 0) is 40.0 Å². The molecule has 0 spiro atoms. The second kappa shape index (κ2) is 5.10. The van der Waals surface area contributed by atoms with Crippen molar-refractivity contribution in [3.63, 3.8) is 0 Å². The normalized spacial score (nSPS) is 15.1. The number of nitrogens with zero attached hydrogens (tertiary/aromatic N) is 1. The van der Waals surface area contributed by atoms with Gasteiger partial charge in [-0.15, -0.1) is 0 Å². The first kappa shape index (κ1) is 14.3. The van der Waals surface area contributed by atoms with Gasteiger partial charge in [0.2, 0.25) is 0 Å². The van der Waals surface area contributed by atoms with Crippen LogP contribution in [0.15, 0.2) is 40.7 Å². The average molecular weight is 293 g/mol. The largest absolute Gasteiger partial charge is 0.261 e. The summed E-state index contributed by atoms with van der Waals surface area (Å²) in [4.78, 5) is 0. The molecule has 1 unspecified atom stereocenters. The van der Waals surface area contributed by atoms with Gasteiger partial charge in [0.15, 0.2) is 0 Å². The number of benzene rings is 1. The van der Waals surface area contributed by atoms with Gasteiger partial charge in [-0.1, -0.05) is 45.0 Å². The first-order valence-electron chi connectivity index (χ1n) is 6.14. The summed E-state index contributed by atoms with van der Waals surface area (Å²) in [5, 5.41) is 2.45. The predicted octanol–water partition coefficient (Wildman–Crippen LogP) is 3.72. The third kappa shape index (κ3) is 3.45. The summed E-state index contributed by atoms with van der Waals surface area (Å²) in [6, 6.07) is 10.1. The fourth-order valence-corrected chi connectivity index (χ4v) is 4.22. The van der Waals surface area contributed by atoms with E-state index in [4.69, 9.17) is 0 Å². The van der Waals surface area contributed by atoms with Crippen molar-refractivity contribution in [2.45, 2.75) is 37.0 Å². The minimum absolute atomic E-state index is 0.0959. The summed E-state index contributed by atoms with van der Waals surface area (Å²) in [5.41, 5.74) is 2.40. The Balaban J connectivity index is 2.30. The van der Waals surface area contributed by atoms with E-state index >= 15 is 0 Å². The molecular formula is C15H19NOS2. The zero-order valence-corrected chi connectivity index (χ0v) is 13.2. The van der Waals surface area contributed by atoms with Gasteiger partial charge in [0.25, 0.3) is 0 Å². The van der Waals surface area contributed by atoms with E-state index in [9.17, 15) is 4.21 Å². The van der Waals surface area contributed by atoms with Crippen molar-refractivity contribution in [2.24, 2.45) is 0 Å². The Morgan fingerprint density at radius 1 is 1.32 bits per heavy atom. The lowest BCUT2D eigenvalue weighted by atomic mass is 9.86. The molecule has 0 saturated carbocycles. The van der Waals surface area contributed by atoms with Gasteiger partial charge >= 0.3 is 0 Å². The summed E-state index contributed by atoms with van der Waals surface area (Å²) in [6.07, 6.45) is 0. The van der Waals surface area contributed by atoms with Crippen LogP contribution in [0.5, 0.6) is 0 Å². The van der Waals surface area contributed by atoms with Crippen LogP contribution in [0.1, 0.15) is 31.9 Å². The van der Waals surface area contributed by atoms with Crippen LogP contribution in [-0.4, -0.2) is 14.5 Å². The molecule has 0 aliphatic heterocycles. The standard InChI is InChI=1S/C15H19NOS2/c1-15(2,3)13-7-5-6-12(10-13)11-19(4,17)14-8-9-18-16-14/h5-10H,4,11H2,1-3H3. The van der Waals surface area contributed by atoms with E-state index in [0.717, 1.165) is 5.56 Å². The fourth-order valence-electron chi connectivity index (χ4n) is 1.86. The Morgan fingerprint density at radius 2 is 2.05 bits per heavy atom. The van der Waals surface area contributed by atoms with Gasteiger partial charge in [0, 0.05) is 20.7 Å². The first-order chi connectivity index (χ1) is 8.79. The Morgan fingerprint density at radius 3 is 2.63 bits per heavy atom. The quantitative estimate of drug-likeness (QED) is 0.807. The second-order valence-corrected chi connectivity index (χ2v) is 8.74. The van der Waals surface area contributed by atoms with Gasteiger partial charge in [0.1, 0.15) is 5.03 Å². The lowest BCUT2D eigenvalue weighted by Gasteiger charge is -2.20. The number of aromatic nitrogens is 1. The van der Waals surface area contributed by atoms with Gasteiger partial charge < -0.3 is 0 Å². The maximum absolute atomic E-state index is 12.6. The topological polar surface area (TPSA) is 30.0 Å². The molecule has 102 valence electrons. The molecule has 1 atom stereocenters. The van der Waals surface area contributed by atoms with Crippen molar-refractivity contribution in [3.8, 4) is 0 Å². The second-order valence-electron chi connectivity index (χ2n) is 5.74. The molecule has 0 radical (unpaired) electrons. The SMILES string of the molecule is C=S(=O)(Cc1cccc(C(C)(C)C)c1)c1ccsn1. The third-order valence-corrected chi connectivity index (χ3v) is 5.45. The Hall–Kier alpha value is -1.13. The smallest absolute Gasteiger partial charge is 0.133 e. The zero-order chi connectivity index (χ0) is 14.1. The van der Waals surface area contributed by atoms with Crippen LogP contribution >= 0.6 is 11.5 Å². The maximum Gasteiger partial charge on any atom is 0.133 e. The fraction of sp³-hybridized carbons (Fsp3) is 0.333. The molecule has 0 fully saturated rings. The van der Waals surface area contributed by atoms with E-state index in [0.29, 0.717) is 10.8 Å². The molecule has 0 bridgehead atoms. The highest BCUT2D eigenvalue weighted by molar-refractivity contribution is 7.99. The van der Waals surface area contributed by atoms with E-state index in [1.807, 2.05) is 17.5 Å². The van der Waals surface area contributed by atoms with Crippen LogP contribution in [0.3, 0.4) is 0 Å². The molecule has 1 aromatic heterocycles. The zero-order valence-electron chi connectivity index (χ0n) is 11.6. The van der Waals surface area contributed by atoms with Crippen molar-refractivity contribution in [2.75, 3.05) is 0 Å². The van der Waals surface area contributed by atoms with Crippen molar-refractivity contribution >= 4 is 26.9 Å². The first-order valence-corrected chi connectivity index (χ1v) is 8.87. The van der Waals surface area contributed by atoms with Crippen LogP contribution in [0, 0.1) is 0 Å². The Kier molecular flexibility index (Phi) is 3.83. The summed E-state index contributed by atoms with van der Waals surface area (Å²) < 4.78 is 16.8. The van der Waals surface area contributed by atoms with Crippen LogP contribution in [0.4, 0.5) is 0 Å². The molecule has 19 heavy (non-hydrogen) atoms. The number of hydrogen-bond acceptors (Lipinski definition) is 3. The van der Waals surface area contributed by atoms with E-state index < -0.39 is 9.52 Å². The molecule has 0 N–H and O–H groups in total.